The van der Waals surface area contributed by atoms with Gasteiger partial charge >= 0.3 is 0 Å². The smallest absolute Gasteiger partial charge is 0.0653 e. The van der Waals surface area contributed by atoms with Gasteiger partial charge in [-0.15, -0.1) is 0 Å². The maximum absolute atomic E-state index is 5.79. The average molecular weight is 304 g/mol. The summed E-state index contributed by atoms with van der Waals surface area (Å²) in [6.07, 6.45) is 2.92. The second-order valence-electron chi connectivity index (χ2n) is 7.13. The van der Waals surface area contributed by atoms with Gasteiger partial charge in [0.15, 0.2) is 0 Å². The molecule has 2 rings (SSSR count). The number of benzene rings is 2. The minimum absolute atomic E-state index is 0.441. The summed E-state index contributed by atoms with van der Waals surface area (Å²) < 4.78 is 0. The molecular weight excluding hydrogens is 275 g/mol. The average Bonchev–Trinajstić information content (AvgIpc) is 2.55. The first-order valence-electron chi connectivity index (χ1n) is 8.92. The van der Waals surface area contributed by atoms with Crippen molar-refractivity contribution in [2.75, 3.05) is 0 Å². The summed E-state index contributed by atoms with van der Waals surface area (Å²) in [4.78, 5) is 0. The lowest BCUT2D eigenvalue weighted by Crippen LogP contribution is -2.04. The Balaban J connectivity index is 2.40. The Morgan fingerprint density at radius 1 is 0.739 bits per heavy atom. The van der Waals surface area contributed by atoms with E-state index in [4.69, 9.17) is 7.85 Å². The normalized spacial score (nSPS) is 11.6. The van der Waals surface area contributed by atoms with E-state index in [0.717, 1.165) is 19.2 Å². The molecule has 0 aliphatic heterocycles. The van der Waals surface area contributed by atoms with Crippen molar-refractivity contribution in [1.29, 1.82) is 0 Å². The zero-order valence-corrected chi connectivity index (χ0v) is 15.0. The molecule has 0 aliphatic rings. The van der Waals surface area contributed by atoms with E-state index in [1.54, 1.807) is 0 Å². The molecule has 1 heteroatoms. The zero-order valence-electron chi connectivity index (χ0n) is 15.0. The van der Waals surface area contributed by atoms with E-state index in [0.29, 0.717) is 17.8 Å². The molecule has 0 saturated heterocycles. The van der Waals surface area contributed by atoms with E-state index < -0.39 is 0 Å². The van der Waals surface area contributed by atoms with Crippen LogP contribution in [0, 0.1) is 0 Å². The lowest BCUT2D eigenvalue weighted by Gasteiger charge is -2.21. The summed E-state index contributed by atoms with van der Waals surface area (Å²) in [5.74, 6) is 1.56. The maximum atomic E-state index is 5.79. The molecule has 2 aromatic rings. The van der Waals surface area contributed by atoms with Gasteiger partial charge in [-0.3, -0.25) is 0 Å². The van der Waals surface area contributed by atoms with E-state index in [1.807, 2.05) is 0 Å². The Labute approximate surface area is 143 Å². The van der Waals surface area contributed by atoms with Crippen molar-refractivity contribution in [2.45, 2.75) is 64.6 Å². The van der Waals surface area contributed by atoms with Gasteiger partial charge in [0.2, 0.25) is 0 Å². The molecular formula is C22H29B. The van der Waals surface area contributed by atoms with Crippen molar-refractivity contribution < 1.29 is 0 Å². The first-order chi connectivity index (χ1) is 11.0. The van der Waals surface area contributed by atoms with Crippen LogP contribution in [0.25, 0.3) is 0 Å². The molecule has 0 bridgehead atoms. The van der Waals surface area contributed by atoms with E-state index in [1.165, 1.54) is 22.3 Å². The van der Waals surface area contributed by atoms with Gasteiger partial charge in [0.25, 0.3) is 0 Å². The van der Waals surface area contributed by atoms with Crippen LogP contribution in [0.15, 0.2) is 48.5 Å². The molecule has 0 aliphatic carbocycles. The minimum atomic E-state index is 0.441. The number of rotatable bonds is 7. The first kappa shape index (κ1) is 17.9. The predicted molar refractivity (Wildman–Crippen MR) is 103 cm³/mol. The monoisotopic (exact) mass is 304 g/mol. The van der Waals surface area contributed by atoms with Gasteiger partial charge in [0.1, 0.15) is 0 Å². The number of hydrogen-bond acceptors (Lipinski definition) is 0. The highest BCUT2D eigenvalue weighted by atomic mass is 14.2. The van der Waals surface area contributed by atoms with Crippen molar-refractivity contribution in [3.05, 3.63) is 70.8 Å². The molecule has 120 valence electrons. The molecule has 0 saturated carbocycles. The van der Waals surface area contributed by atoms with Gasteiger partial charge in [-0.2, -0.15) is 0 Å². The molecule has 2 aromatic carbocycles. The fraction of sp³-hybridized carbons (Fsp3) is 0.455. The summed E-state index contributed by atoms with van der Waals surface area (Å²) in [7, 11) is 5.79. The molecule has 0 unspecified atom stereocenters. The van der Waals surface area contributed by atoms with Gasteiger partial charge in [-0.1, -0.05) is 89.0 Å². The quantitative estimate of drug-likeness (QED) is 0.517. The van der Waals surface area contributed by atoms with Crippen LogP contribution in [0.3, 0.4) is 0 Å². The summed E-state index contributed by atoms with van der Waals surface area (Å²) in [5.41, 5.74) is 5.68. The molecule has 0 amide bonds. The Kier molecular flexibility index (Phi) is 6.51. The van der Waals surface area contributed by atoms with Crippen molar-refractivity contribution in [3.8, 4) is 0 Å². The summed E-state index contributed by atoms with van der Waals surface area (Å²) in [6, 6.07) is 18.2. The topological polar surface area (TPSA) is 0 Å². The Bertz CT molecular complexity index is 561. The maximum Gasteiger partial charge on any atom is 0.0653 e. The molecule has 0 spiro atoms. The molecule has 0 heterocycles. The lowest BCUT2D eigenvalue weighted by molar-refractivity contribution is 0.693. The minimum Gasteiger partial charge on any atom is -0.0887 e. The molecule has 0 nitrogen and oxygen atoms in total. The van der Waals surface area contributed by atoms with E-state index in [9.17, 15) is 0 Å². The van der Waals surface area contributed by atoms with Crippen molar-refractivity contribution in [2.24, 2.45) is 0 Å². The zero-order chi connectivity index (χ0) is 16.8. The van der Waals surface area contributed by atoms with Crippen molar-refractivity contribution in [3.63, 3.8) is 0 Å². The van der Waals surface area contributed by atoms with Crippen LogP contribution >= 0.6 is 0 Å². The van der Waals surface area contributed by atoms with Crippen molar-refractivity contribution in [1.82, 2.24) is 0 Å². The molecule has 0 atom stereocenters. The van der Waals surface area contributed by atoms with E-state index >= 15 is 0 Å². The van der Waals surface area contributed by atoms with Crippen LogP contribution in [-0.4, -0.2) is 7.85 Å². The fourth-order valence-electron chi connectivity index (χ4n) is 3.12. The van der Waals surface area contributed by atoms with E-state index in [-0.39, 0.29) is 0 Å². The lowest BCUT2D eigenvalue weighted by atomic mass is 9.82. The highest BCUT2D eigenvalue weighted by Crippen LogP contribution is 2.32. The van der Waals surface area contributed by atoms with Crippen LogP contribution in [-0.2, 0) is 0 Å². The third-order valence-electron chi connectivity index (χ3n) is 4.66. The van der Waals surface area contributed by atoms with Gasteiger partial charge in [0, 0.05) is 5.92 Å². The molecule has 2 radical (unpaired) electrons. The predicted octanol–water partition coefficient (Wildman–Crippen LogP) is 6.43. The highest BCUT2D eigenvalue weighted by Gasteiger charge is 2.15. The Morgan fingerprint density at radius 2 is 1.17 bits per heavy atom. The fourth-order valence-corrected chi connectivity index (χ4v) is 3.12. The molecule has 0 aromatic heterocycles. The molecule has 23 heavy (non-hydrogen) atoms. The first-order valence-corrected chi connectivity index (χ1v) is 8.92. The van der Waals surface area contributed by atoms with Crippen molar-refractivity contribution >= 4 is 7.85 Å². The van der Waals surface area contributed by atoms with Crippen LogP contribution in [0.5, 0.6) is 0 Å². The standard InChI is InChI=1S/C22H29B/c1-16(2)18-8-5-10-20(14-18)22(12-7-13-23)21-11-6-9-19(15-21)17(3)4/h5-6,8-11,14-17,22H,7,12-13H2,1-4H3. The van der Waals surface area contributed by atoms with Gasteiger partial charge in [-0.05, 0) is 40.5 Å². The van der Waals surface area contributed by atoms with E-state index in [2.05, 4.69) is 76.2 Å². The summed E-state index contributed by atoms with van der Waals surface area (Å²) >= 11 is 0. The Hall–Kier alpha value is -1.50. The Morgan fingerprint density at radius 3 is 1.57 bits per heavy atom. The second kappa shape index (κ2) is 8.38. The largest absolute Gasteiger partial charge is 0.0887 e. The second-order valence-corrected chi connectivity index (χ2v) is 7.13. The molecule has 0 N–H and O–H groups in total. The van der Waals surface area contributed by atoms with Gasteiger partial charge in [0.05, 0.1) is 7.85 Å². The third kappa shape index (κ3) is 4.74. The SMILES string of the molecule is [B]CCCC(c1cccc(C(C)C)c1)c1cccc(C(C)C)c1. The van der Waals surface area contributed by atoms with Crippen LogP contribution in [0.2, 0.25) is 6.32 Å². The summed E-state index contributed by atoms with van der Waals surface area (Å²) in [5, 5.41) is 0. The molecule has 0 fully saturated rings. The summed E-state index contributed by atoms with van der Waals surface area (Å²) in [6.45, 7) is 9.03. The number of hydrogen-bond donors (Lipinski definition) is 0. The van der Waals surface area contributed by atoms with Crippen LogP contribution in [0.1, 0.15) is 80.5 Å². The van der Waals surface area contributed by atoms with Gasteiger partial charge < -0.3 is 0 Å². The van der Waals surface area contributed by atoms with Crippen LogP contribution in [0.4, 0.5) is 0 Å². The highest BCUT2D eigenvalue weighted by molar-refractivity contribution is 6.08. The van der Waals surface area contributed by atoms with Crippen LogP contribution < -0.4 is 0 Å². The third-order valence-corrected chi connectivity index (χ3v) is 4.66. The van der Waals surface area contributed by atoms with Gasteiger partial charge in [-0.25, -0.2) is 0 Å².